The van der Waals surface area contributed by atoms with Crippen molar-refractivity contribution in [3.05, 3.63) is 57.8 Å². The van der Waals surface area contributed by atoms with Gasteiger partial charge < -0.3 is 10.5 Å². The lowest BCUT2D eigenvalue weighted by atomic mass is 10.2. The minimum absolute atomic E-state index is 0.00830. The highest BCUT2D eigenvalue weighted by Gasteiger charge is 2.10. The average molecular weight is 332 g/mol. The van der Waals surface area contributed by atoms with Crippen LogP contribution in [-0.2, 0) is 6.61 Å². The third-order valence-corrected chi connectivity index (χ3v) is 2.99. The SMILES string of the molecule is Nc1cc(F)cc(Br)c1OCc1ccc(F)c(F)c1. The largest absolute Gasteiger partial charge is 0.486 e. The van der Waals surface area contributed by atoms with Crippen LogP contribution < -0.4 is 10.5 Å². The van der Waals surface area contributed by atoms with E-state index in [-0.39, 0.29) is 18.0 Å². The molecule has 0 atom stereocenters. The molecular weight excluding hydrogens is 323 g/mol. The Morgan fingerprint density at radius 1 is 1.05 bits per heavy atom. The van der Waals surface area contributed by atoms with Gasteiger partial charge >= 0.3 is 0 Å². The first-order chi connectivity index (χ1) is 8.97. The third-order valence-electron chi connectivity index (χ3n) is 2.40. The van der Waals surface area contributed by atoms with Gasteiger partial charge in [-0.25, -0.2) is 13.2 Å². The first-order valence-corrected chi connectivity index (χ1v) is 6.08. The molecule has 0 heterocycles. The van der Waals surface area contributed by atoms with E-state index < -0.39 is 17.5 Å². The van der Waals surface area contributed by atoms with Crippen molar-refractivity contribution in [3.8, 4) is 5.75 Å². The Morgan fingerprint density at radius 3 is 2.42 bits per heavy atom. The highest BCUT2D eigenvalue weighted by molar-refractivity contribution is 9.10. The fourth-order valence-electron chi connectivity index (χ4n) is 1.52. The molecule has 0 aromatic heterocycles. The molecule has 0 saturated heterocycles. The van der Waals surface area contributed by atoms with Crippen LogP contribution in [0.1, 0.15) is 5.56 Å². The van der Waals surface area contributed by atoms with E-state index in [1.165, 1.54) is 12.1 Å². The Labute approximate surface area is 116 Å². The van der Waals surface area contributed by atoms with Crippen molar-refractivity contribution in [2.24, 2.45) is 0 Å². The fourth-order valence-corrected chi connectivity index (χ4v) is 2.08. The van der Waals surface area contributed by atoms with Crippen LogP contribution in [-0.4, -0.2) is 0 Å². The predicted octanol–water partition coefficient (Wildman–Crippen LogP) is 4.03. The summed E-state index contributed by atoms with van der Waals surface area (Å²) in [7, 11) is 0. The summed E-state index contributed by atoms with van der Waals surface area (Å²) in [6.45, 7) is -0.00830. The summed E-state index contributed by atoms with van der Waals surface area (Å²) >= 11 is 3.12. The molecule has 0 aliphatic carbocycles. The lowest BCUT2D eigenvalue weighted by molar-refractivity contribution is 0.304. The number of ether oxygens (including phenoxy) is 1. The summed E-state index contributed by atoms with van der Waals surface area (Å²) in [4.78, 5) is 0. The molecule has 0 unspecified atom stereocenters. The first-order valence-electron chi connectivity index (χ1n) is 5.28. The van der Waals surface area contributed by atoms with Gasteiger partial charge in [-0.2, -0.15) is 0 Å². The molecule has 19 heavy (non-hydrogen) atoms. The molecule has 2 nitrogen and oxygen atoms in total. The summed E-state index contributed by atoms with van der Waals surface area (Å²) < 4.78 is 44.5. The number of nitrogen functional groups attached to an aromatic ring is 1. The summed E-state index contributed by atoms with van der Waals surface area (Å²) in [5.41, 5.74) is 6.17. The van der Waals surface area contributed by atoms with Crippen molar-refractivity contribution in [1.82, 2.24) is 0 Å². The van der Waals surface area contributed by atoms with Crippen LogP contribution in [0.3, 0.4) is 0 Å². The number of hydrogen-bond acceptors (Lipinski definition) is 2. The van der Waals surface area contributed by atoms with Gasteiger partial charge in [0.2, 0.25) is 0 Å². The lowest BCUT2D eigenvalue weighted by Crippen LogP contribution is -2.01. The number of nitrogens with two attached hydrogens (primary N) is 1. The van der Waals surface area contributed by atoms with Crippen molar-refractivity contribution in [2.75, 3.05) is 5.73 Å². The second-order valence-corrected chi connectivity index (χ2v) is 4.70. The number of rotatable bonds is 3. The molecule has 2 N–H and O–H groups in total. The minimum Gasteiger partial charge on any atom is -0.486 e. The van der Waals surface area contributed by atoms with E-state index in [0.29, 0.717) is 10.0 Å². The van der Waals surface area contributed by atoms with Crippen LogP contribution >= 0.6 is 15.9 Å². The first kappa shape index (κ1) is 13.7. The van der Waals surface area contributed by atoms with Gasteiger partial charge in [-0.15, -0.1) is 0 Å². The van der Waals surface area contributed by atoms with Gasteiger partial charge in [0.05, 0.1) is 10.2 Å². The molecule has 0 spiro atoms. The van der Waals surface area contributed by atoms with Crippen molar-refractivity contribution in [3.63, 3.8) is 0 Å². The average Bonchev–Trinajstić information content (AvgIpc) is 2.32. The summed E-state index contributed by atoms with van der Waals surface area (Å²) in [6, 6.07) is 5.76. The van der Waals surface area contributed by atoms with Crippen LogP contribution in [0.4, 0.5) is 18.9 Å². The monoisotopic (exact) mass is 331 g/mol. The topological polar surface area (TPSA) is 35.2 Å². The zero-order valence-corrected chi connectivity index (χ0v) is 11.2. The normalized spacial score (nSPS) is 10.5. The number of anilines is 1. The Bertz CT molecular complexity index is 596. The van der Waals surface area contributed by atoms with Gasteiger partial charge in [-0.1, -0.05) is 6.07 Å². The van der Waals surface area contributed by atoms with Gasteiger partial charge in [0.25, 0.3) is 0 Å². The molecule has 6 heteroatoms. The van der Waals surface area contributed by atoms with Crippen LogP contribution in [0, 0.1) is 17.5 Å². The van der Waals surface area contributed by atoms with E-state index in [9.17, 15) is 13.2 Å². The van der Waals surface area contributed by atoms with Crippen LogP contribution in [0.2, 0.25) is 0 Å². The third kappa shape index (κ3) is 3.20. The van der Waals surface area contributed by atoms with Crippen molar-refractivity contribution < 1.29 is 17.9 Å². The Balaban J connectivity index is 2.16. The molecule has 0 amide bonds. The maximum absolute atomic E-state index is 13.0. The number of halogens is 4. The van der Waals surface area contributed by atoms with E-state index in [0.717, 1.165) is 18.2 Å². The molecule has 0 radical (unpaired) electrons. The quantitative estimate of drug-likeness (QED) is 0.862. The Morgan fingerprint density at radius 2 is 1.79 bits per heavy atom. The smallest absolute Gasteiger partial charge is 0.159 e. The van der Waals surface area contributed by atoms with Crippen molar-refractivity contribution in [2.45, 2.75) is 6.61 Å². The fraction of sp³-hybridized carbons (Fsp3) is 0.0769. The zero-order chi connectivity index (χ0) is 14.0. The standard InChI is InChI=1S/C13H9BrF3NO/c14-9-4-8(15)5-12(18)13(9)19-6-7-1-2-10(16)11(17)3-7/h1-5H,6,18H2. The van der Waals surface area contributed by atoms with Gasteiger partial charge in [-0.05, 0) is 39.7 Å². The molecule has 2 aromatic carbocycles. The summed E-state index contributed by atoms with van der Waals surface area (Å²) in [6.07, 6.45) is 0. The van der Waals surface area contributed by atoms with Crippen molar-refractivity contribution in [1.29, 1.82) is 0 Å². The number of benzene rings is 2. The second kappa shape index (κ2) is 5.52. The van der Waals surface area contributed by atoms with E-state index in [1.54, 1.807) is 0 Å². The zero-order valence-electron chi connectivity index (χ0n) is 9.59. The van der Waals surface area contributed by atoms with Crippen LogP contribution in [0.5, 0.6) is 5.75 Å². The van der Waals surface area contributed by atoms with E-state index in [1.807, 2.05) is 0 Å². The summed E-state index contributed by atoms with van der Waals surface area (Å²) in [5.74, 6) is -2.12. The van der Waals surface area contributed by atoms with Gasteiger partial charge in [-0.3, -0.25) is 0 Å². The van der Waals surface area contributed by atoms with Crippen molar-refractivity contribution >= 4 is 21.6 Å². The molecule has 2 aromatic rings. The summed E-state index contributed by atoms with van der Waals surface area (Å²) in [5, 5.41) is 0. The Hall–Kier alpha value is -1.69. The van der Waals surface area contributed by atoms with Gasteiger partial charge in [0, 0.05) is 6.07 Å². The molecule has 0 fully saturated rings. The van der Waals surface area contributed by atoms with Crippen LogP contribution in [0.25, 0.3) is 0 Å². The minimum atomic E-state index is -0.952. The molecule has 0 aliphatic heterocycles. The second-order valence-electron chi connectivity index (χ2n) is 3.84. The molecule has 0 saturated carbocycles. The molecule has 100 valence electrons. The number of hydrogen-bond donors (Lipinski definition) is 1. The molecule has 2 rings (SSSR count). The molecular formula is C13H9BrF3NO. The maximum Gasteiger partial charge on any atom is 0.159 e. The Kier molecular flexibility index (Phi) is 3.99. The van der Waals surface area contributed by atoms with Gasteiger partial charge in [0.15, 0.2) is 17.4 Å². The predicted molar refractivity (Wildman–Crippen MR) is 69.2 cm³/mol. The van der Waals surface area contributed by atoms with E-state index in [2.05, 4.69) is 15.9 Å². The molecule has 0 bridgehead atoms. The van der Waals surface area contributed by atoms with Crippen LogP contribution in [0.15, 0.2) is 34.8 Å². The highest BCUT2D eigenvalue weighted by atomic mass is 79.9. The molecule has 0 aliphatic rings. The van der Waals surface area contributed by atoms with E-state index in [4.69, 9.17) is 10.5 Å². The maximum atomic E-state index is 13.0. The van der Waals surface area contributed by atoms with E-state index >= 15 is 0 Å². The highest BCUT2D eigenvalue weighted by Crippen LogP contribution is 2.33. The lowest BCUT2D eigenvalue weighted by Gasteiger charge is -2.11. The van der Waals surface area contributed by atoms with Gasteiger partial charge in [0.1, 0.15) is 12.4 Å².